The molecule has 0 atom stereocenters. The number of carbonyl (C=O) groups is 2. The van der Waals surface area contributed by atoms with E-state index < -0.39 is 11.9 Å². The minimum absolute atomic E-state index is 0. The molecular formula is C22H30O4-2. The van der Waals surface area contributed by atoms with Gasteiger partial charge in [-0.05, 0) is 38.8 Å². The van der Waals surface area contributed by atoms with Gasteiger partial charge in [0.25, 0.3) is 0 Å². The van der Waals surface area contributed by atoms with Crippen molar-refractivity contribution in [2.75, 3.05) is 0 Å². The van der Waals surface area contributed by atoms with Crippen LogP contribution in [0.1, 0.15) is 42.5 Å². The zero-order chi connectivity index (χ0) is 18.5. The lowest BCUT2D eigenvalue weighted by molar-refractivity contribution is -0.300. The Morgan fingerprint density at radius 2 is 0.885 bits per heavy atom. The van der Waals surface area contributed by atoms with E-state index in [0.29, 0.717) is 0 Å². The quantitative estimate of drug-likeness (QED) is 0.493. The molecule has 144 valence electrons. The monoisotopic (exact) mass is 358 g/mol. The number of carbonyl (C=O) groups excluding carboxylic acids is 2. The largest absolute Gasteiger partial charge is 0.545 e. The van der Waals surface area contributed by atoms with Gasteiger partial charge in [-0.3, -0.25) is 0 Å². The van der Waals surface area contributed by atoms with Crippen LogP contribution in [0.5, 0.6) is 0 Å². The Bertz CT molecular complexity index is 608. The average Bonchev–Trinajstić information content (AvgIpc) is 2.51. The molecule has 0 aromatic rings. The molecule has 4 heteroatoms. The van der Waals surface area contributed by atoms with Gasteiger partial charge in [-0.15, -0.1) is 0 Å². The van der Waals surface area contributed by atoms with Crippen molar-refractivity contribution in [1.82, 2.24) is 0 Å². The van der Waals surface area contributed by atoms with Gasteiger partial charge in [0.05, 0.1) is 11.9 Å². The lowest BCUT2D eigenvalue weighted by Crippen LogP contribution is -2.22. The molecule has 0 amide bonds. The molecule has 0 radical (unpaired) electrons. The highest BCUT2D eigenvalue weighted by atomic mass is 16.4. The highest BCUT2D eigenvalue weighted by Gasteiger charge is 1.86. The highest BCUT2D eigenvalue weighted by molar-refractivity contribution is 5.84. The Morgan fingerprint density at radius 3 is 1.15 bits per heavy atom. The van der Waals surface area contributed by atoms with Crippen LogP contribution in [-0.4, -0.2) is 11.9 Å². The van der Waals surface area contributed by atoms with Crippen molar-refractivity contribution in [2.45, 2.75) is 42.5 Å². The van der Waals surface area contributed by atoms with Crippen molar-refractivity contribution in [3.05, 3.63) is 83.1 Å². The van der Waals surface area contributed by atoms with E-state index in [4.69, 9.17) is 0 Å². The second-order valence-corrected chi connectivity index (χ2v) is 5.20. The van der Waals surface area contributed by atoms with Crippen LogP contribution >= 0.6 is 0 Å². The summed E-state index contributed by atoms with van der Waals surface area (Å²) in [6.07, 6.45) is 17.3. The lowest BCUT2D eigenvalue weighted by atomic mass is 10.2. The molecule has 0 aromatic carbocycles. The van der Waals surface area contributed by atoms with Crippen molar-refractivity contribution >= 4 is 11.9 Å². The second-order valence-electron chi connectivity index (χ2n) is 5.20. The molecule has 0 bridgehead atoms. The Kier molecular flexibility index (Phi) is 16.8. The van der Waals surface area contributed by atoms with E-state index in [2.05, 4.69) is 0 Å². The summed E-state index contributed by atoms with van der Waals surface area (Å²) in [4.78, 5) is 21.0. The minimum atomic E-state index is -1.18. The summed E-state index contributed by atoms with van der Waals surface area (Å²) in [6, 6.07) is 0. The number of hydrogen-bond acceptors (Lipinski definition) is 4. The van der Waals surface area contributed by atoms with Gasteiger partial charge in [-0.1, -0.05) is 86.8 Å². The molecule has 0 unspecified atom stereocenters. The third-order valence-corrected chi connectivity index (χ3v) is 2.88. The summed E-state index contributed by atoms with van der Waals surface area (Å²) in [6.45, 7) is 6.74. The van der Waals surface area contributed by atoms with Crippen LogP contribution in [-0.2, 0) is 9.59 Å². The van der Waals surface area contributed by atoms with Gasteiger partial charge >= 0.3 is 0 Å². The molecule has 0 saturated heterocycles. The molecule has 0 aromatic heterocycles. The molecule has 26 heavy (non-hydrogen) atoms. The summed E-state index contributed by atoms with van der Waals surface area (Å²) in [5.74, 6) is -2.36. The molecule has 0 N–H and O–H groups in total. The maximum absolute atomic E-state index is 10.5. The lowest BCUT2D eigenvalue weighted by Gasteiger charge is -1.98. The second kappa shape index (κ2) is 15.6. The number of hydrogen-bond donors (Lipinski definition) is 0. The third-order valence-electron chi connectivity index (χ3n) is 2.88. The van der Waals surface area contributed by atoms with Crippen LogP contribution in [0, 0.1) is 0 Å². The minimum Gasteiger partial charge on any atom is -0.545 e. The third kappa shape index (κ3) is 14.7. The van der Waals surface area contributed by atoms with Crippen molar-refractivity contribution in [2.24, 2.45) is 0 Å². The van der Waals surface area contributed by atoms with Gasteiger partial charge in [-0.25, -0.2) is 0 Å². The topological polar surface area (TPSA) is 80.3 Å². The first-order valence-corrected chi connectivity index (χ1v) is 7.38. The van der Waals surface area contributed by atoms with Crippen LogP contribution in [0.2, 0.25) is 0 Å². The van der Waals surface area contributed by atoms with Gasteiger partial charge in [0.2, 0.25) is 0 Å². The van der Waals surface area contributed by atoms with E-state index >= 15 is 0 Å². The summed E-state index contributed by atoms with van der Waals surface area (Å²) >= 11 is 0. The fourth-order valence-electron chi connectivity index (χ4n) is 1.35. The van der Waals surface area contributed by atoms with Gasteiger partial charge in [-0.2, -0.15) is 0 Å². The van der Waals surface area contributed by atoms with Crippen LogP contribution in [0.3, 0.4) is 0 Å². The maximum atomic E-state index is 10.5. The van der Waals surface area contributed by atoms with Crippen molar-refractivity contribution in [3.8, 4) is 0 Å². The van der Waals surface area contributed by atoms with Crippen molar-refractivity contribution in [3.63, 3.8) is 0 Å². The zero-order valence-electron chi connectivity index (χ0n) is 14.4. The van der Waals surface area contributed by atoms with Crippen LogP contribution in [0.15, 0.2) is 83.1 Å². The van der Waals surface area contributed by atoms with Crippen LogP contribution in [0.4, 0.5) is 0 Å². The zero-order valence-corrected chi connectivity index (χ0v) is 14.4. The maximum Gasteiger partial charge on any atom is 0.0672 e. The molecule has 0 saturated carbocycles. The predicted molar refractivity (Wildman–Crippen MR) is 106 cm³/mol. The molecule has 0 aliphatic carbocycles. The van der Waals surface area contributed by atoms with Crippen molar-refractivity contribution < 1.29 is 19.8 Å². The fourth-order valence-corrected chi connectivity index (χ4v) is 1.35. The van der Waals surface area contributed by atoms with E-state index in [9.17, 15) is 19.8 Å². The molecule has 0 aliphatic heterocycles. The molecular weight excluding hydrogens is 328 g/mol. The van der Waals surface area contributed by atoms with Gasteiger partial charge in [0.15, 0.2) is 0 Å². The van der Waals surface area contributed by atoms with E-state index in [1.165, 1.54) is 26.0 Å². The van der Waals surface area contributed by atoms with Crippen LogP contribution < -0.4 is 10.2 Å². The normalized spacial score (nSPS) is 13.8. The first kappa shape index (κ1) is 27.9. The van der Waals surface area contributed by atoms with Gasteiger partial charge < -0.3 is 19.8 Å². The molecule has 0 heterocycles. The van der Waals surface area contributed by atoms with Crippen molar-refractivity contribution in [1.29, 1.82) is 0 Å². The molecule has 0 rings (SSSR count). The molecule has 4 nitrogen and oxygen atoms in total. The SMILES string of the molecule is C.C.CC(/C=C/C=C(\C)C(=O)[O-])=C\C=C\C=C(C)\C=C\C=C(/C)C(=O)[O-]. The summed E-state index contributed by atoms with van der Waals surface area (Å²) in [5.41, 5.74) is 2.26. The number of allylic oxidation sites excluding steroid dienone is 12. The first-order valence-electron chi connectivity index (χ1n) is 7.38. The van der Waals surface area contributed by atoms with Gasteiger partial charge in [0.1, 0.15) is 0 Å². The fraction of sp³-hybridized carbons (Fsp3) is 0.273. The molecule has 0 aliphatic rings. The Morgan fingerprint density at radius 1 is 0.577 bits per heavy atom. The number of aliphatic carboxylic acids is 2. The summed E-state index contributed by atoms with van der Waals surface area (Å²) in [5, 5.41) is 21.0. The number of carboxylic acids is 2. The molecule has 0 spiro atoms. The van der Waals surface area contributed by atoms with E-state index in [1.807, 2.05) is 38.2 Å². The Labute approximate surface area is 157 Å². The smallest absolute Gasteiger partial charge is 0.0672 e. The van der Waals surface area contributed by atoms with E-state index in [-0.39, 0.29) is 26.0 Å². The highest BCUT2D eigenvalue weighted by Crippen LogP contribution is 2.01. The number of carboxylic acid groups (broad SMARTS) is 2. The van der Waals surface area contributed by atoms with Gasteiger partial charge in [0, 0.05) is 0 Å². The summed E-state index contributed by atoms with van der Waals surface area (Å²) < 4.78 is 0. The van der Waals surface area contributed by atoms with Crippen LogP contribution in [0.25, 0.3) is 0 Å². The van der Waals surface area contributed by atoms with E-state index in [1.54, 1.807) is 24.3 Å². The standard InChI is InChI=1S/C20H24O4.2CH4/c1-15(11-7-13-17(3)19(21)22)9-5-6-10-16(2)12-8-14-18(4)20(23)24;;/h5-14H,1-4H3,(H,21,22)(H,23,24);2*1H4/p-2/b6-5+,11-7+,12-8+,15-9+,16-10+,17-13+,18-14+;;. The summed E-state index contributed by atoms with van der Waals surface area (Å²) in [7, 11) is 0. The number of rotatable bonds is 8. The predicted octanol–water partition coefficient (Wildman–Crippen LogP) is 3.21. The van der Waals surface area contributed by atoms with E-state index in [0.717, 1.165) is 11.1 Å². The average molecular weight is 358 g/mol. The molecule has 0 fully saturated rings. The Balaban J connectivity index is -0.00000264. The first-order chi connectivity index (χ1) is 11.2. The Hall–Kier alpha value is -2.88.